The summed E-state index contributed by atoms with van der Waals surface area (Å²) < 4.78 is 12.8. The van der Waals surface area contributed by atoms with E-state index >= 15 is 0 Å². The second-order valence-corrected chi connectivity index (χ2v) is 11.4. The Bertz CT molecular complexity index is 1500. The van der Waals surface area contributed by atoms with Gasteiger partial charge in [-0.3, -0.25) is 18.9 Å². The highest BCUT2D eigenvalue weighted by Crippen LogP contribution is 2.36. The number of fused-ring (bicyclic) bond motifs is 2. The molecule has 2 aliphatic heterocycles. The SMILES string of the molecule is CCCCCCCCNc1nc2ccc(C)cn2c(=O)c1/C=C1\SC(=S)N(Cc2ccc3c(c2)OCO3)C1=O. The van der Waals surface area contributed by atoms with Crippen LogP contribution in [0, 0.1) is 6.92 Å². The van der Waals surface area contributed by atoms with Gasteiger partial charge in [0, 0.05) is 12.7 Å². The summed E-state index contributed by atoms with van der Waals surface area (Å²) in [5.74, 6) is 1.58. The van der Waals surface area contributed by atoms with Crippen molar-refractivity contribution < 1.29 is 14.3 Å². The van der Waals surface area contributed by atoms with E-state index in [0.29, 0.717) is 50.8 Å². The molecule has 39 heavy (non-hydrogen) atoms. The molecule has 10 heteroatoms. The zero-order valence-corrected chi connectivity index (χ0v) is 23.8. The molecule has 1 amide bonds. The van der Waals surface area contributed by atoms with Crippen molar-refractivity contribution in [3.05, 3.63) is 68.5 Å². The summed E-state index contributed by atoms with van der Waals surface area (Å²) >= 11 is 6.75. The van der Waals surface area contributed by atoms with Crippen molar-refractivity contribution in [2.45, 2.75) is 58.9 Å². The predicted molar refractivity (Wildman–Crippen MR) is 159 cm³/mol. The van der Waals surface area contributed by atoms with Gasteiger partial charge in [0.05, 0.1) is 17.0 Å². The van der Waals surface area contributed by atoms with Crippen LogP contribution >= 0.6 is 24.0 Å². The Labute approximate surface area is 237 Å². The summed E-state index contributed by atoms with van der Waals surface area (Å²) in [5.41, 5.74) is 2.51. The monoisotopic (exact) mass is 564 g/mol. The van der Waals surface area contributed by atoms with E-state index in [4.69, 9.17) is 26.7 Å². The van der Waals surface area contributed by atoms with Crippen molar-refractivity contribution in [2.24, 2.45) is 0 Å². The van der Waals surface area contributed by atoms with Gasteiger partial charge in [0.2, 0.25) is 6.79 Å². The number of nitrogens with one attached hydrogen (secondary N) is 1. The Morgan fingerprint density at radius 1 is 1.08 bits per heavy atom. The van der Waals surface area contributed by atoms with Crippen LogP contribution in [0.15, 0.2) is 46.2 Å². The van der Waals surface area contributed by atoms with Crippen LogP contribution in [-0.2, 0) is 11.3 Å². The van der Waals surface area contributed by atoms with Crippen molar-refractivity contribution in [1.82, 2.24) is 14.3 Å². The Morgan fingerprint density at radius 2 is 1.87 bits per heavy atom. The number of thioether (sulfide) groups is 1. The molecule has 5 rings (SSSR count). The van der Waals surface area contributed by atoms with Gasteiger partial charge in [0.15, 0.2) is 11.5 Å². The minimum absolute atomic E-state index is 0.187. The molecule has 0 saturated carbocycles. The standard InChI is InChI=1S/C29H32N4O4S2/c1-3-4-5-6-7-8-13-30-26-21(27(34)32-16-19(2)9-12-25(32)31-26)15-24-28(35)33(29(38)39-24)17-20-10-11-22-23(14-20)37-18-36-22/h9-12,14-16,30H,3-8,13,17-18H2,1-2H3/b24-15-. The number of amides is 1. The third-order valence-electron chi connectivity index (χ3n) is 6.75. The minimum atomic E-state index is -0.238. The van der Waals surface area contributed by atoms with Gasteiger partial charge in [-0.25, -0.2) is 4.98 Å². The quantitative estimate of drug-likeness (QED) is 0.175. The predicted octanol–water partition coefficient (Wildman–Crippen LogP) is 5.91. The van der Waals surface area contributed by atoms with Crippen LogP contribution < -0.4 is 20.3 Å². The number of thiocarbonyl (C=S) groups is 1. The molecule has 1 fully saturated rings. The Hall–Kier alpha value is -3.37. The number of rotatable bonds is 11. The van der Waals surface area contributed by atoms with E-state index in [1.165, 1.54) is 41.8 Å². The van der Waals surface area contributed by atoms with E-state index in [-0.39, 0.29) is 18.3 Å². The molecule has 0 aliphatic carbocycles. The molecular weight excluding hydrogens is 532 g/mol. The average Bonchev–Trinajstić information content (AvgIpc) is 3.50. The molecule has 3 aromatic rings. The number of ether oxygens (including phenoxy) is 2. The van der Waals surface area contributed by atoms with E-state index in [1.807, 2.05) is 37.3 Å². The third kappa shape index (κ3) is 6.12. The van der Waals surface area contributed by atoms with E-state index in [0.717, 1.165) is 24.0 Å². The number of anilines is 1. The highest BCUT2D eigenvalue weighted by atomic mass is 32.2. The zero-order valence-electron chi connectivity index (χ0n) is 22.2. The molecule has 4 heterocycles. The highest BCUT2D eigenvalue weighted by molar-refractivity contribution is 8.26. The van der Waals surface area contributed by atoms with Crippen molar-refractivity contribution >= 4 is 51.7 Å². The Balaban J connectivity index is 1.39. The summed E-state index contributed by atoms with van der Waals surface area (Å²) in [6.45, 7) is 5.33. The number of hydrogen-bond donors (Lipinski definition) is 1. The fraction of sp³-hybridized carbons (Fsp3) is 0.379. The molecule has 1 saturated heterocycles. The number of carbonyl (C=O) groups excluding carboxylic acids is 1. The van der Waals surface area contributed by atoms with Gasteiger partial charge in [-0.2, -0.15) is 0 Å². The molecule has 0 atom stereocenters. The van der Waals surface area contributed by atoms with Crippen LogP contribution in [0.1, 0.15) is 62.1 Å². The lowest BCUT2D eigenvalue weighted by molar-refractivity contribution is -0.122. The lowest BCUT2D eigenvalue weighted by Crippen LogP contribution is -2.27. The molecule has 0 unspecified atom stereocenters. The summed E-state index contributed by atoms with van der Waals surface area (Å²) in [4.78, 5) is 33.7. The number of aromatic nitrogens is 2. The Kier molecular flexibility index (Phi) is 8.52. The average molecular weight is 565 g/mol. The molecule has 2 aromatic heterocycles. The second-order valence-electron chi connectivity index (χ2n) is 9.76. The van der Waals surface area contributed by atoms with Crippen molar-refractivity contribution in [3.8, 4) is 11.5 Å². The van der Waals surface area contributed by atoms with Crippen LogP contribution in [0.2, 0.25) is 0 Å². The van der Waals surface area contributed by atoms with Gasteiger partial charge in [0.1, 0.15) is 15.8 Å². The molecule has 0 bridgehead atoms. The van der Waals surface area contributed by atoms with E-state index < -0.39 is 0 Å². The highest BCUT2D eigenvalue weighted by Gasteiger charge is 2.33. The van der Waals surface area contributed by atoms with Crippen molar-refractivity contribution in [3.63, 3.8) is 0 Å². The maximum Gasteiger partial charge on any atom is 0.267 e. The minimum Gasteiger partial charge on any atom is -0.454 e. The third-order valence-corrected chi connectivity index (χ3v) is 8.13. The molecule has 0 spiro atoms. The van der Waals surface area contributed by atoms with Gasteiger partial charge in [0.25, 0.3) is 11.5 Å². The van der Waals surface area contributed by atoms with Crippen LogP contribution in [-0.4, -0.2) is 37.8 Å². The van der Waals surface area contributed by atoms with Crippen molar-refractivity contribution in [2.75, 3.05) is 18.7 Å². The van der Waals surface area contributed by atoms with Crippen LogP contribution in [0.3, 0.4) is 0 Å². The number of carbonyl (C=O) groups is 1. The molecular formula is C29H32N4O4S2. The first-order valence-electron chi connectivity index (χ1n) is 13.4. The topological polar surface area (TPSA) is 85.2 Å². The number of nitrogens with zero attached hydrogens (tertiary/aromatic N) is 3. The smallest absolute Gasteiger partial charge is 0.267 e. The first-order chi connectivity index (χ1) is 18.9. The van der Waals surface area contributed by atoms with Crippen LogP contribution in [0.4, 0.5) is 5.82 Å². The normalized spacial score (nSPS) is 15.6. The lowest BCUT2D eigenvalue weighted by Gasteiger charge is -2.15. The van der Waals surface area contributed by atoms with E-state index in [9.17, 15) is 9.59 Å². The molecule has 204 valence electrons. The fourth-order valence-corrected chi connectivity index (χ4v) is 5.86. The molecule has 2 aliphatic rings. The number of pyridine rings is 1. The summed E-state index contributed by atoms with van der Waals surface area (Å²) in [6, 6.07) is 9.34. The number of unbranched alkanes of at least 4 members (excludes halogenated alkanes) is 5. The van der Waals surface area contributed by atoms with E-state index in [2.05, 4.69) is 12.2 Å². The lowest BCUT2D eigenvalue weighted by atomic mass is 10.1. The van der Waals surface area contributed by atoms with Gasteiger partial charge in [-0.1, -0.05) is 75.1 Å². The maximum absolute atomic E-state index is 13.6. The van der Waals surface area contributed by atoms with Gasteiger partial charge in [-0.15, -0.1) is 0 Å². The molecule has 8 nitrogen and oxygen atoms in total. The Morgan fingerprint density at radius 3 is 2.72 bits per heavy atom. The first-order valence-corrected chi connectivity index (χ1v) is 14.6. The molecule has 1 aromatic carbocycles. The maximum atomic E-state index is 13.6. The van der Waals surface area contributed by atoms with Crippen LogP contribution in [0.25, 0.3) is 11.7 Å². The summed E-state index contributed by atoms with van der Waals surface area (Å²) in [5, 5.41) is 3.36. The first kappa shape index (κ1) is 27.2. The van der Waals surface area contributed by atoms with Crippen molar-refractivity contribution in [1.29, 1.82) is 0 Å². The second kappa shape index (κ2) is 12.2. The zero-order chi connectivity index (χ0) is 27.4. The largest absolute Gasteiger partial charge is 0.454 e. The van der Waals surface area contributed by atoms with Gasteiger partial charge >= 0.3 is 0 Å². The fourth-order valence-electron chi connectivity index (χ4n) is 4.62. The van der Waals surface area contributed by atoms with Gasteiger partial charge in [-0.05, 0) is 48.7 Å². The summed E-state index contributed by atoms with van der Waals surface area (Å²) in [6.07, 6.45) is 10.4. The van der Waals surface area contributed by atoms with Crippen LogP contribution in [0.5, 0.6) is 11.5 Å². The summed E-state index contributed by atoms with van der Waals surface area (Å²) in [7, 11) is 0. The number of hydrogen-bond acceptors (Lipinski definition) is 8. The van der Waals surface area contributed by atoms with Gasteiger partial charge < -0.3 is 14.8 Å². The number of aryl methyl sites for hydroxylation is 1. The molecule has 1 N–H and O–H groups in total. The molecule has 0 radical (unpaired) electrons. The number of benzene rings is 1. The van der Waals surface area contributed by atoms with E-state index in [1.54, 1.807) is 17.2 Å².